The van der Waals surface area contributed by atoms with Crippen molar-refractivity contribution in [3.05, 3.63) is 42.2 Å². The molecule has 1 saturated heterocycles. The molecular formula is C22H30N2OS2. The van der Waals surface area contributed by atoms with E-state index in [2.05, 4.69) is 41.2 Å². The molecule has 1 aliphatic rings. The molecule has 2 aromatic rings. The molecule has 0 amide bonds. The van der Waals surface area contributed by atoms with E-state index < -0.39 is 0 Å². The van der Waals surface area contributed by atoms with Gasteiger partial charge in [-0.3, -0.25) is 0 Å². The first-order valence-corrected chi connectivity index (χ1v) is 12.2. The van der Waals surface area contributed by atoms with Crippen molar-refractivity contribution in [3.8, 4) is 17.1 Å². The highest BCUT2D eigenvalue weighted by molar-refractivity contribution is 8.16. The second kappa shape index (κ2) is 11.6. The lowest BCUT2D eigenvalue weighted by atomic mass is 10.1. The van der Waals surface area contributed by atoms with Crippen molar-refractivity contribution in [2.45, 2.75) is 56.5 Å². The molecule has 27 heavy (non-hydrogen) atoms. The lowest BCUT2D eigenvalue weighted by Crippen LogP contribution is -2.00. The zero-order valence-corrected chi connectivity index (χ0v) is 17.9. The number of nitrogens with zero attached hydrogens (tertiary/aromatic N) is 2. The molecule has 5 heteroatoms. The Labute approximate surface area is 172 Å². The molecule has 0 aliphatic carbocycles. The fourth-order valence-corrected chi connectivity index (χ4v) is 5.98. The van der Waals surface area contributed by atoms with E-state index in [-0.39, 0.29) is 0 Å². The van der Waals surface area contributed by atoms with Gasteiger partial charge in [0.05, 0.1) is 23.6 Å². The molecule has 3 rings (SSSR count). The summed E-state index contributed by atoms with van der Waals surface area (Å²) < 4.78 is 6.35. The van der Waals surface area contributed by atoms with E-state index in [4.69, 9.17) is 4.74 Å². The molecule has 1 aliphatic heterocycles. The van der Waals surface area contributed by atoms with E-state index in [0.717, 1.165) is 30.2 Å². The van der Waals surface area contributed by atoms with Crippen molar-refractivity contribution < 1.29 is 4.74 Å². The Morgan fingerprint density at radius 1 is 0.926 bits per heavy atom. The first-order valence-electron chi connectivity index (χ1n) is 10.1. The van der Waals surface area contributed by atoms with Crippen LogP contribution in [-0.2, 0) is 0 Å². The van der Waals surface area contributed by atoms with Gasteiger partial charge in [-0.1, -0.05) is 63.3 Å². The van der Waals surface area contributed by atoms with Crippen molar-refractivity contribution >= 4 is 23.5 Å². The lowest BCUT2D eigenvalue weighted by Gasteiger charge is -2.21. The summed E-state index contributed by atoms with van der Waals surface area (Å²) in [5.74, 6) is 4.06. The molecular weight excluding hydrogens is 372 g/mol. The van der Waals surface area contributed by atoms with Gasteiger partial charge in [0, 0.05) is 5.56 Å². The van der Waals surface area contributed by atoms with Crippen LogP contribution in [0.25, 0.3) is 11.4 Å². The van der Waals surface area contributed by atoms with Gasteiger partial charge in [0.2, 0.25) is 0 Å². The number of benzene rings is 1. The Balaban J connectivity index is 1.45. The molecule has 0 radical (unpaired) electrons. The van der Waals surface area contributed by atoms with Gasteiger partial charge in [-0.25, -0.2) is 9.97 Å². The maximum atomic E-state index is 5.77. The zero-order valence-electron chi connectivity index (χ0n) is 16.2. The Morgan fingerprint density at radius 2 is 1.59 bits per heavy atom. The van der Waals surface area contributed by atoms with Gasteiger partial charge in [-0.2, -0.15) is 0 Å². The molecule has 0 atom stereocenters. The molecule has 3 nitrogen and oxygen atoms in total. The van der Waals surface area contributed by atoms with Gasteiger partial charge >= 0.3 is 0 Å². The quantitative estimate of drug-likeness (QED) is 0.411. The average molecular weight is 403 g/mol. The summed E-state index contributed by atoms with van der Waals surface area (Å²) in [6.45, 7) is 3.00. The third kappa shape index (κ3) is 6.72. The topological polar surface area (TPSA) is 35.0 Å². The van der Waals surface area contributed by atoms with Crippen molar-refractivity contribution in [2.75, 3.05) is 18.1 Å². The Hall–Kier alpha value is -1.20. The van der Waals surface area contributed by atoms with Gasteiger partial charge in [0.15, 0.2) is 11.6 Å². The van der Waals surface area contributed by atoms with Crippen molar-refractivity contribution in [1.29, 1.82) is 0 Å². The number of ether oxygens (including phenoxy) is 1. The minimum atomic E-state index is 0.575. The minimum Gasteiger partial charge on any atom is -0.490 e. The first-order chi connectivity index (χ1) is 13.4. The van der Waals surface area contributed by atoms with E-state index in [1.807, 2.05) is 23.5 Å². The highest BCUT2D eigenvalue weighted by Gasteiger charge is 2.16. The number of hydrogen-bond donors (Lipinski definition) is 0. The molecule has 0 spiro atoms. The maximum Gasteiger partial charge on any atom is 0.159 e. The van der Waals surface area contributed by atoms with Crippen LogP contribution in [0, 0.1) is 0 Å². The second-order valence-electron chi connectivity index (χ2n) is 6.91. The predicted molar refractivity (Wildman–Crippen MR) is 119 cm³/mol. The van der Waals surface area contributed by atoms with Crippen LogP contribution < -0.4 is 4.74 Å². The van der Waals surface area contributed by atoms with Crippen LogP contribution in [-0.4, -0.2) is 28.1 Å². The normalized spacial score (nSPS) is 15.0. The number of aromatic nitrogens is 2. The summed E-state index contributed by atoms with van der Waals surface area (Å²) in [7, 11) is 0. The summed E-state index contributed by atoms with van der Waals surface area (Å²) >= 11 is 4.10. The van der Waals surface area contributed by atoms with E-state index in [1.165, 1.54) is 55.6 Å². The fraction of sp³-hybridized carbons (Fsp3) is 0.545. The largest absolute Gasteiger partial charge is 0.490 e. The van der Waals surface area contributed by atoms with Crippen LogP contribution in [0.2, 0.25) is 0 Å². The number of unbranched alkanes of at least 4 members (excludes halogenated alkanes) is 5. The third-order valence-corrected chi connectivity index (χ3v) is 7.68. The van der Waals surface area contributed by atoms with Crippen LogP contribution in [0.15, 0.2) is 36.7 Å². The molecule has 0 saturated carbocycles. The Kier molecular flexibility index (Phi) is 8.82. The molecule has 1 aromatic carbocycles. The van der Waals surface area contributed by atoms with Gasteiger partial charge in [-0.15, -0.1) is 23.5 Å². The van der Waals surface area contributed by atoms with E-state index in [9.17, 15) is 0 Å². The molecule has 0 N–H and O–H groups in total. The van der Waals surface area contributed by atoms with E-state index in [1.54, 1.807) is 12.4 Å². The van der Waals surface area contributed by atoms with Crippen LogP contribution >= 0.6 is 23.5 Å². The van der Waals surface area contributed by atoms with Crippen LogP contribution in [0.1, 0.15) is 62.0 Å². The standard InChI is InChI=1S/C22H30N2OS2/c1-2-3-4-5-6-7-13-25-20-16-23-21(24-17-20)18-9-11-19(12-10-18)22-26-14-8-15-27-22/h9-12,16-17,22H,2-8,13-15H2,1H3. The zero-order chi connectivity index (χ0) is 18.7. The highest BCUT2D eigenvalue weighted by atomic mass is 32.2. The number of hydrogen-bond acceptors (Lipinski definition) is 5. The van der Waals surface area contributed by atoms with Crippen LogP contribution in [0.3, 0.4) is 0 Å². The predicted octanol–water partition coefficient (Wildman–Crippen LogP) is 6.75. The van der Waals surface area contributed by atoms with Gasteiger partial charge in [0.25, 0.3) is 0 Å². The minimum absolute atomic E-state index is 0.575. The first kappa shape index (κ1) is 20.5. The van der Waals surface area contributed by atoms with Gasteiger partial charge in [0.1, 0.15) is 0 Å². The van der Waals surface area contributed by atoms with E-state index >= 15 is 0 Å². The molecule has 146 valence electrons. The second-order valence-corrected chi connectivity index (χ2v) is 9.63. The maximum absolute atomic E-state index is 5.77. The third-order valence-electron chi connectivity index (χ3n) is 4.66. The monoisotopic (exact) mass is 402 g/mol. The van der Waals surface area contributed by atoms with Crippen molar-refractivity contribution in [1.82, 2.24) is 9.97 Å². The summed E-state index contributed by atoms with van der Waals surface area (Å²) in [6, 6.07) is 8.71. The summed E-state index contributed by atoms with van der Waals surface area (Å²) in [5.41, 5.74) is 2.46. The average Bonchev–Trinajstić information content (AvgIpc) is 2.74. The number of rotatable bonds is 10. The van der Waals surface area contributed by atoms with Gasteiger partial charge < -0.3 is 4.74 Å². The summed E-state index contributed by atoms with van der Waals surface area (Å²) in [5, 5.41) is 0. The Morgan fingerprint density at radius 3 is 2.30 bits per heavy atom. The highest BCUT2D eigenvalue weighted by Crippen LogP contribution is 2.43. The SMILES string of the molecule is CCCCCCCCOc1cnc(-c2ccc(C3SCCCS3)cc2)nc1. The van der Waals surface area contributed by atoms with Crippen LogP contribution in [0.4, 0.5) is 0 Å². The molecule has 2 heterocycles. The molecule has 0 unspecified atom stereocenters. The van der Waals surface area contributed by atoms with E-state index in [0.29, 0.717) is 4.58 Å². The summed E-state index contributed by atoms with van der Waals surface area (Å²) in [4.78, 5) is 8.97. The molecule has 1 fully saturated rings. The smallest absolute Gasteiger partial charge is 0.159 e. The van der Waals surface area contributed by atoms with Gasteiger partial charge in [-0.05, 0) is 29.9 Å². The molecule has 1 aromatic heterocycles. The fourth-order valence-electron chi connectivity index (χ4n) is 3.08. The van der Waals surface area contributed by atoms with Crippen molar-refractivity contribution in [3.63, 3.8) is 0 Å². The number of thioether (sulfide) groups is 2. The molecule has 0 bridgehead atoms. The summed E-state index contributed by atoms with van der Waals surface area (Å²) in [6.07, 6.45) is 12.5. The van der Waals surface area contributed by atoms with Crippen molar-refractivity contribution in [2.24, 2.45) is 0 Å². The van der Waals surface area contributed by atoms with Crippen LogP contribution in [0.5, 0.6) is 5.75 Å². The Bertz CT molecular complexity index is 655. The lowest BCUT2D eigenvalue weighted by molar-refractivity contribution is 0.302.